The van der Waals surface area contributed by atoms with Crippen molar-refractivity contribution in [1.82, 2.24) is 4.90 Å². The molecule has 2 atom stereocenters. The highest BCUT2D eigenvalue weighted by molar-refractivity contribution is 7.98. The van der Waals surface area contributed by atoms with Crippen molar-refractivity contribution in [2.75, 3.05) is 24.4 Å². The SMILES string of the molecule is CSCC(C)N(C)C(=O)[C@@H]1Cc2ccccc2N1. The van der Waals surface area contributed by atoms with Crippen LogP contribution in [0.25, 0.3) is 0 Å². The average Bonchev–Trinajstić information content (AvgIpc) is 2.81. The van der Waals surface area contributed by atoms with Gasteiger partial charge >= 0.3 is 0 Å². The third-order valence-electron chi connectivity index (χ3n) is 3.49. The number of likely N-dealkylation sites (N-methyl/N-ethyl adjacent to an activating group) is 1. The molecule has 0 radical (unpaired) electrons. The van der Waals surface area contributed by atoms with Gasteiger partial charge in [-0.25, -0.2) is 0 Å². The van der Waals surface area contributed by atoms with Crippen LogP contribution in [-0.4, -0.2) is 41.9 Å². The van der Waals surface area contributed by atoms with Crippen LogP contribution in [0.2, 0.25) is 0 Å². The number of amides is 1. The lowest BCUT2D eigenvalue weighted by Gasteiger charge is -2.27. The summed E-state index contributed by atoms with van der Waals surface area (Å²) in [7, 11) is 1.90. The third-order valence-corrected chi connectivity index (χ3v) is 4.30. The molecule has 0 saturated carbocycles. The van der Waals surface area contributed by atoms with E-state index >= 15 is 0 Å². The summed E-state index contributed by atoms with van der Waals surface area (Å²) in [5.74, 6) is 1.16. The largest absolute Gasteiger partial charge is 0.373 e. The van der Waals surface area contributed by atoms with E-state index in [0.717, 1.165) is 17.9 Å². The summed E-state index contributed by atoms with van der Waals surface area (Å²) in [6.07, 6.45) is 2.86. The van der Waals surface area contributed by atoms with Crippen LogP contribution in [0.1, 0.15) is 12.5 Å². The highest BCUT2D eigenvalue weighted by Gasteiger charge is 2.29. The van der Waals surface area contributed by atoms with E-state index in [1.165, 1.54) is 5.56 Å². The third kappa shape index (κ3) is 2.64. The van der Waals surface area contributed by atoms with Crippen LogP contribution in [-0.2, 0) is 11.2 Å². The first kappa shape index (κ1) is 13.3. The number of nitrogens with one attached hydrogen (secondary N) is 1. The number of fused-ring (bicyclic) bond motifs is 1. The summed E-state index contributed by atoms with van der Waals surface area (Å²) in [5.41, 5.74) is 2.34. The standard InChI is InChI=1S/C14H20N2OS/c1-10(9-18-3)16(2)14(17)13-8-11-6-4-5-7-12(11)15-13/h4-7,10,13,15H,8-9H2,1-3H3/t10?,13-/m0/s1. The van der Waals surface area contributed by atoms with Gasteiger partial charge in [0.25, 0.3) is 0 Å². The molecule has 1 amide bonds. The van der Waals surface area contributed by atoms with Crippen molar-refractivity contribution >= 4 is 23.4 Å². The fourth-order valence-corrected chi connectivity index (χ4v) is 2.97. The number of hydrogen-bond donors (Lipinski definition) is 1. The number of carbonyl (C=O) groups excluding carboxylic acids is 1. The van der Waals surface area contributed by atoms with Crippen LogP contribution in [0.15, 0.2) is 24.3 Å². The molecule has 0 aliphatic carbocycles. The first-order valence-corrected chi connectivity index (χ1v) is 7.63. The molecule has 1 heterocycles. The molecular formula is C14H20N2OS. The number of benzene rings is 1. The van der Waals surface area contributed by atoms with Crippen molar-refractivity contribution in [1.29, 1.82) is 0 Å². The van der Waals surface area contributed by atoms with Gasteiger partial charge in [-0.05, 0) is 24.8 Å². The van der Waals surface area contributed by atoms with Gasteiger partial charge in [0.2, 0.25) is 5.91 Å². The molecule has 18 heavy (non-hydrogen) atoms. The Bertz CT molecular complexity index is 411. The molecule has 0 aromatic heterocycles. The van der Waals surface area contributed by atoms with Crippen molar-refractivity contribution in [2.45, 2.75) is 25.4 Å². The lowest BCUT2D eigenvalue weighted by molar-refractivity contribution is -0.131. The maximum Gasteiger partial charge on any atom is 0.245 e. The van der Waals surface area contributed by atoms with Crippen molar-refractivity contribution in [3.05, 3.63) is 29.8 Å². The monoisotopic (exact) mass is 264 g/mol. The molecule has 2 rings (SSSR count). The quantitative estimate of drug-likeness (QED) is 0.905. The van der Waals surface area contributed by atoms with Gasteiger partial charge in [0, 0.05) is 31.0 Å². The number of hydrogen-bond acceptors (Lipinski definition) is 3. The van der Waals surface area contributed by atoms with Gasteiger partial charge in [0.15, 0.2) is 0 Å². The van der Waals surface area contributed by atoms with Crippen LogP contribution in [0, 0.1) is 0 Å². The van der Waals surface area contributed by atoms with Crippen molar-refractivity contribution < 1.29 is 4.79 Å². The topological polar surface area (TPSA) is 32.3 Å². The summed E-state index contributed by atoms with van der Waals surface area (Å²) < 4.78 is 0. The molecule has 0 spiro atoms. The summed E-state index contributed by atoms with van der Waals surface area (Å²) >= 11 is 1.77. The Kier molecular flexibility index (Phi) is 4.17. The molecule has 1 aliphatic heterocycles. The molecular weight excluding hydrogens is 244 g/mol. The van der Waals surface area contributed by atoms with Crippen LogP contribution in [0.4, 0.5) is 5.69 Å². The zero-order valence-corrected chi connectivity index (χ0v) is 12.0. The Balaban J connectivity index is 2.00. The van der Waals surface area contributed by atoms with E-state index in [1.54, 1.807) is 11.8 Å². The van der Waals surface area contributed by atoms with E-state index in [2.05, 4.69) is 24.6 Å². The van der Waals surface area contributed by atoms with Crippen LogP contribution < -0.4 is 5.32 Å². The van der Waals surface area contributed by atoms with Gasteiger partial charge < -0.3 is 10.2 Å². The zero-order valence-electron chi connectivity index (χ0n) is 11.1. The molecule has 0 saturated heterocycles. The first-order chi connectivity index (χ1) is 8.63. The molecule has 3 nitrogen and oxygen atoms in total. The highest BCUT2D eigenvalue weighted by atomic mass is 32.2. The molecule has 0 fully saturated rings. The fraction of sp³-hybridized carbons (Fsp3) is 0.500. The first-order valence-electron chi connectivity index (χ1n) is 6.23. The van der Waals surface area contributed by atoms with E-state index in [1.807, 2.05) is 30.1 Å². The average molecular weight is 264 g/mol. The minimum absolute atomic E-state index is 0.100. The molecule has 1 aromatic rings. The Hall–Kier alpha value is -1.16. The second-order valence-electron chi connectivity index (χ2n) is 4.81. The summed E-state index contributed by atoms with van der Waals surface area (Å²) in [5, 5.41) is 3.31. The van der Waals surface area contributed by atoms with Gasteiger partial charge in [-0.3, -0.25) is 4.79 Å². The number of thioether (sulfide) groups is 1. The van der Waals surface area contributed by atoms with E-state index in [9.17, 15) is 4.79 Å². The van der Waals surface area contributed by atoms with Gasteiger partial charge in [-0.1, -0.05) is 18.2 Å². The molecule has 1 aromatic carbocycles. The van der Waals surface area contributed by atoms with Crippen molar-refractivity contribution in [3.63, 3.8) is 0 Å². The predicted octanol–water partition coefficient (Wildman–Crippen LogP) is 2.23. The van der Waals surface area contributed by atoms with E-state index in [-0.39, 0.29) is 18.0 Å². The predicted molar refractivity (Wildman–Crippen MR) is 78.2 cm³/mol. The van der Waals surface area contributed by atoms with Crippen molar-refractivity contribution in [2.24, 2.45) is 0 Å². The normalized spacial score (nSPS) is 18.9. The van der Waals surface area contributed by atoms with Gasteiger partial charge in [-0.15, -0.1) is 0 Å². The van der Waals surface area contributed by atoms with Gasteiger partial charge in [0.1, 0.15) is 6.04 Å². The highest BCUT2D eigenvalue weighted by Crippen LogP contribution is 2.26. The number of para-hydroxylation sites is 1. The smallest absolute Gasteiger partial charge is 0.245 e. The van der Waals surface area contributed by atoms with E-state index in [4.69, 9.17) is 0 Å². The Morgan fingerprint density at radius 2 is 2.28 bits per heavy atom. The Morgan fingerprint density at radius 3 is 2.94 bits per heavy atom. The fourth-order valence-electron chi connectivity index (χ4n) is 2.26. The van der Waals surface area contributed by atoms with Crippen LogP contribution in [0.5, 0.6) is 0 Å². The Labute approximate surface area is 113 Å². The maximum atomic E-state index is 12.4. The van der Waals surface area contributed by atoms with E-state index in [0.29, 0.717) is 0 Å². The minimum atomic E-state index is -0.100. The lowest BCUT2D eigenvalue weighted by Crippen LogP contribution is -2.45. The summed E-state index contributed by atoms with van der Waals surface area (Å²) in [6, 6.07) is 8.32. The molecule has 1 unspecified atom stereocenters. The molecule has 0 bridgehead atoms. The molecule has 1 aliphatic rings. The number of carbonyl (C=O) groups is 1. The van der Waals surface area contributed by atoms with Crippen molar-refractivity contribution in [3.8, 4) is 0 Å². The number of rotatable bonds is 4. The molecule has 4 heteroatoms. The summed E-state index contributed by atoms with van der Waals surface area (Å²) in [4.78, 5) is 14.2. The zero-order chi connectivity index (χ0) is 13.1. The number of nitrogens with zero attached hydrogens (tertiary/aromatic N) is 1. The van der Waals surface area contributed by atoms with Crippen LogP contribution in [0.3, 0.4) is 0 Å². The number of anilines is 1. The second kappa shape index (κ2) is 5.65. The minimum Gasteiger partial charge on any atom is -0.373 e. The van der Waals surface area contributed by atoms with Gasteiger partial charge in [-0.2, -0.15) is 11.8 Å². The Morgan fingerprint density at radius 1 is 1.56 bits per heavy atom. The van der Waals surface area contributed by atoms with Gasteiger partial charge in [0.05, 0.1) is 0 Å². The lowest BCUT2D eigenvalue weighted by atomic mass is 10.1. The molecule has 1 N–H and O–H groups in total. The van der Waals surface area contributed by atoms with Crippen LogP contribution >= 0.6 is 11.8 Å². The molecule has 98 valence electrons. The maximum absolute atomic E-state index is 12.4. The summed E-state index contributed by atoms with van der Waals surface area (Å²) in [6.45, 7) is 2.09. The van der Waals surface area contributed by atoms with E-state index < -0.39 is 0 Å². The second-order valence-corrected chi connectivity index (χ2v) is 5.72.